The number of hydrogen-bond acceptors (Lipinski definition) is 4. The smallest absolute Gasteiger partial charge is 0.249 e. The normalized spacial score (nSPS) is 10.5. The predicted molar refractivity (Wildman–Crippen MR) is 63.0 cm³/mol. The van der Waals surface area contributed by atoms with Gasteiger partial charge in [-0.3, -0.25) is 0 Å². The van der Waals surface area contributed by atoms with Gasteiger partial charge in [-0.1, -0.05) is 18.2 Å². The maximum Gasteiger partial charge on any atom is 0.249 e. The average Bonchev–Trinajstić information content (AvgIpc) is 3.01. The van der Waals surface area contributed by atoms with Crippen molar-refractivity contribution in [1.82, 2.24) is 10.2 Å². The fourth-order valence-electron chi connectivity index (χ4n) is 1.42. The molecule has 0 N–H and O–H groups in total. The monoisotopic (exact) mass is 228 g/mol. The third-order valence-corrected chi connectivity index (χ3v) is 2.90. The molecule has 0 aliphatic carbocycles. The van der Waals surface area contributed by atoms with E-state index in [1.165, 1.54) is 0 Å². The molecule has 0 spiro atoms. The van der Waals surface area contributed by atoms with Crippen molar-refractivity contribution in [3.05, 3.63) is 47.2 Å². The lowest BCUT2D eigenvalue weighted by atomic mass is 10.2. The van der Waals surface area contributed by atoms with Crippen molar-refractivity contribution in [1.29, 1.82) is 0 Å². The fraction of sp³-hybridized carbons (Fsp3) is 0. The molecule has 0 amide bonds. The van der Waals surface area contributed by atoms with Gasteiger partial charge in [-0.05, 0) is 23.6 Å². The number of thiophene rings is 1. The van der Waals surface area contributed by atoms with E-state index in [0.29, 0.717) is 11.8 Å². The van der Waals surface area contributed by atoms with E-state index in [4.69, 9.17) is 4.42 Å². The zero-order valence-corrected chi connectivity index (χ0v) is 9.15. The Morgan fingerprint density at radius 3 is 2.31 bits per heavy atom. The first kappa shape index (κ1) is 9.30. The minimum Gasteiger partial charge on any atom is -0.416 e. The Bertz CT molecular complexity index is 572. The summed E-state index contributed by atoms with van der Waals surface area (Å²) in [7, 11) is 0. The van der Waals surface area contributed by atoms with Crippen LogP contribution in [0, 0.1) is 0 Å². The van der Waals surface area contributed by atoms with Crippen LogP contribution in [-0.2, 0) is 0 Å². The first-order valence-electron chi connectivity index (χ1n) is 4.85. The standard InChI is InChI=1S/C12H8N2OS/c1-2-4-9(5-3-1)11-13-14-12(15-11)10-6-7-16-8-10/h1-8H. The lowest BCUT2D eigenvalue weighted by molar-refractivity contribution is 0.585. The number of nitrogens with zero attached hydrogens (tertiary/aromatic N) is 2. The third kappa shape index (κ3) is 1.63. The van der Waals surface area contributed by atoms with Crippen LogP contribution in [0.5, 0.6) is 0 Å². The predicted octanol–water partition coefficient (Wildman–Crippen LogP) is 3.47. The van der Waals surface area contributed by atoms with Crippen molar-refractivity contribution in [2.45, 2.75) is 0 Å². The van der Waals surface area contributed by atoms with Crippen LogP contribution in [-0.4, -0.2) is 10.2 Å². The first-order valence-corrected chi connectivity index (χ1v) is 5.79. The highest BCUT2D eigenvalue weighted by molar-refractivity contribution is 7.08. The molecule has 4 heteroatoms. The molecule has 0 aliphatic rings. The van der Waals surface area contributed by atoms with Crippen molar-refractivity contribution in [3.8, 4) is 22.9 Å². The topological polar surface area (TPSA) is 38.9 Å². The highest BCUT2D eigenvalue weighted by Gasteiger charge is 2.09. The molecule has 0 saturated heterocycles. The summed E-state index contributed by atoms with van der Waals surface area (Å²) in [6.07, 6.45) is 0. The first-order chi connectivity index (χ1) is 7.93. The van der Waals surface area contributed by atoms with Crippen LogP contribution in [0.15, 0.2) is 51.6 Å². The Morgan fingerprint density at radius 1 is 0.875 bits per heavy atom. The van der Waals surface area contributed by atoms with Crippen molar-refractivity contribution < 1.29 is 4.42 Å². The highest BCUT2D eigenvalue weighted by atomic mass is 32.1. The second-order valence-electron chi connectivity index (χ2n) is 3.29. The van der Waals surface area contributed by atoms with E-state index in [0.717, 1.165) is 11.1 Å². The summed E-state index contributed by atoms with van der Waals surface area (Å²) >= 11 is 1.61. The lowest BCUT2D eigenvalue weighted by Crippen LogP contribution is -1.75. The number of benzene rings is 1. The molecule has 3 aromatic rings. The maximum atomic E-state index is 5.60. The van der Waals surface area contributed by atoms with Crippen LogP contribution in [0.3, 0.4) is 0 Å². The summed E-state index contributed by atoms with van der Waals surface area (Å²) < 4.78 is 5.60. The van der Waals surface area contributed by atoms with Crippen LogP contribution in [0.4, 0.5) is 0 Å². The summed E-state index contributed by atoms with van der Waals surface area (Å²) in [6, 6.07) is 11.7. The molecular weight excluding hydrogens is 220 g/mol. The molecule has 0 atom stereocenters. The van der Waals surface area contributed by atoms with Crippen molar-refractivity contribution in [2.24, 2.45) is 0 Å². The molecule has 3 nitrogen and oxygen atoms in total. The van der Waals surface area contributed by atoms with Crippen LogP contribution >= 0.6 is 11.3 Å². The number of rotatable bonds is 2. The van der Waals surface area contributed by atoms with Gasteiger partial charge >= 0.3 is 0 Å². The molecule has 0 bridgehead atoms. The van der Waals surface area contributed by atoms with E-state index in [-0.39, 0.29) is 0 Å². The van der Waals surface area contributed by atoms with Gasteiger partial charge in [0.15, 0.2) is 0 Å². The molecular formula is C12H8N2OS. The SMILES string of the molecule is c1ccc(-c2nnc(-c3ccsc3)o2)cc1. The molecule has 78 valence electrons. The maximum absolute atomic E-state index is 5.60. The second-order valence-corrected chi connectivity index (χ2v) is 4.07. The van der Waals surface area contributed by atoms with Crippen molar-refractivity contribution in [2.75, 3.05) is 0 Å². The second kappa shape index (κ2) is 3.90. The third-order valence-electron chi connectivity index (χ3n) is 2.21. The van der Waals surface area contributed by atoms with Crippen LogP contribution < -0.4 is 0 Å². The minimum atomic E-state index is 0.557. The van der Waals surface area contributed by atoms with Gasteiger partial charge in [-0.15, -0.1) is 10.2 Å². The molecule has 0 unspecified atom stereocenters. The van der Waals surface area contributed by atoms with Gasteiger partial charge in [0.2, 0.25) is 11.8 Å². The van der Waals surface area contributed by atoms with Crippen LogP contribution in [0.2, 0.25) is 0 Å². The quantitative estimate of drug-likeness (QED) is 0.674. The molecule has 0 radical (unpaired) electrons. The van der Waals surface area contributed by atoms with Gasteiger partial charge < -0.3 is 4.42 Å². The van der Waals surface area contributed by atoms with Gasteiger partial charge in [0, 0.05) is 16.5 Å². The van der Waals surface area contributed by atoms with Gasteiger partial charge in [-0.25, -0.2) is 0 Å². The van der Waals surface area contributed by atoms with Gasteiger partial charge in [-0.2, -0.15) is 11.3 Å². The molecule has 0 aliphatic heterocycles. The minimum absolute atomic E-state index is 0.557. The Labute approximate surface area is 96.4 Å². The summed E-state index contributed by atoms with van der Waals surface area (Å²) in [5, 5.41) is 12.0. The van der Waals surface area contributed by atoms with E-state index in [1.807, 2.05) is 47.2 Å². The Hall–Kier alpha value is -1.94. The van der Waals surface area contributed by atoms with Crippen molar-refractivity contribution >= 4 is 11.3 Å². The number of hydrogen-bond donors (Lipinski definition) is 0. The van der Waals surface area contributed by atoms with Gasteiger partial charge in [0.25, 0.3) is 0 Å². The zero-order valence-electron chi connectivity index (χ0n) is 8.33. The van der Waals surface area contributed by atoms with Gasteiger partial charge in [0.1, 0.15) is 0 Å². The largest absolute Gasteiger partial charge is 0.416 e. The van der Waals surface area contributed by atoms with E-state index >= 15 is 0 Å². The Balaban J connectivity index is 2.00. The molecule has 2 aromatic heterocycles. The molecule has 3 rings (SSSR count). The molecule has 0 saturated carbocycles. The zero-order chi connectivity index (χ0) is 10.8. The van der Waals surface area contributed by atoms with E-state index < -0.39 is 0 Å². The lowest BCUT2D eigenvalue weighted by Gasteiger charge is -1.91. The van der Waals surface area contributed by atoms with Crippen LogP contribution in [0.25, 0.3) is 22.9 Å². The van der Waals surface area contributed by atoms with E-state index in [1.54, 1.807) is 11.3 Å². The highest BCUT2D eigenvalue weighted by Crippen LogP contribution is 2.24. The molecule has 0 fully saturated rings. The number of aromatic nitrogens is 2. The summed E-state index contributed by atoms with van der Waals surface area (Å²) in [6.45, 7) is 0. The molecule has 1 aromatic carbocycles. The van der Waals surface area contributed by atoms with E-state index in [9.17, 15) is 0 Å². The Morgan fingerprint density at radius 2 is 1.62 bits per heavy atom. The summed E-state index contributed by atoms with van der Waals surface area (Å²) in [5.74, 6) is 1.13. The van der Waals surface area contributed by atoms with Crippen LogP contribution in [0.1, 0.15) is 0 Å². The summed E-state index contributed by atoms with van der Waals surface area (Å²) in [5.41, 5.74) is 1.91. The molecule has 2 heterocycles. The summed E-state index contributed by atoms with van der Waals surface area (Å²) in [4.78, 5) is 0. The van der Waals surface area contributed by atoms with Crippen molar-refractivity contribution in [3.63, 3.8) is 0 Å². The average molecular weight is 228 g/mol. The Kier molecular flexibility index (Phi) is 2.27. The van der Waals surface area contributed by atoms with Gasteiger partial charge in [0.05, 0.1) is 0 Å². The van der Waals surface area contributed by atoms with E-state index in [2.05, 4.69) is 10.2 Å². The fourth-order valence-corrected chi connectivity index (χ4v) is 2.05. The molecule has 16 heavy (non-hydrogen) atoms.